The molecule has 0 radical (unpaired) electrons. The lowest BCUT2D eigenvalue weighted by Crippen LogP contribution is -2.27. The molecule has 0 spiro atoms. The predicted molar refractivity (Wildman–Crippen MR) is 148 cm³/mol. The van der Waals surface area contributed by atoms with Crippen LogP contribution in [0.2, 0.25) is 5.02 Å². The highest BCUT2D eigenvalue weighted by Gasteiger charge is 2.22. The molecule has 0 aliphatic carbocycles. The van der Waals surface area contributed by atoms with Crippen molar-refractivity contribution < 1.29 is 19.4 Å². The molecule has 0 unspecified atom stereocenters. The molecule has 0 bridgehead atoms. The van der Waals surface area contributed by atoms with Crippen LogP contribution in [0.25, 0.3) is 10.8 Å². The lowest BCUT2D eigenvalue weighted by Gasteiger charge is -2.18. The quantitative estimate of drug-likeness (QED) is 0.352. The zero-order valence-electron chi connectivity index (χ0n) is 20.8. The van der Waals surface area contributed by atoms with Gasteiger partial charge in [-0.15, -0.1) is 0 Å². The Morgan fingerprint density at radius 3 is 2.41 bits per heavy atom. The highest BCUT2D eigenvalue weighted by molar-refractivity contribution is 6.32. The van der Waals surface area contributed by atoms with E-state index in [1.807, 2.05) is 78.9 Å². The summed E-state index contributed by atoms with van der Waals surface area (Å²) in [5, 5.41) is 11.7. The zero-order valence-corrected chi connectivity index (χ0v) is 21.6. The fourth-order valence-electron chi connectivity index (χ4n) is 4.09. The monoisotopic (exact) mass is 514 g/mol. The molecule has 188 valence electrons. The third-order valence-corrected chi connectivity index (χ3v) is 6.55. The number of fused-ring (bicyclic) bond motifs is 2. The normalized spacial score (nSPS) is 13.6. The van der Waals surface area contributed by atoms with Gasteiger partial charge in [-0.05, 0) is 53.6 Å². The predicted octanol–water partition coefficient (Wildman–Crippen LogP) is 6.19. The van der Waals surface area contributed by atoms with E-state index >= 15 is 0 Å². The first-order chi connectivity index (χ1) is 17.8. The Kier molecular flexibility index (Phi) is 7.89. The van der Waals surface area contributed by atoms with E-state index in [0.29, 0.717) is 5.02 Å². The summed E-state index contributed by atoms with van der Waals surface area (Å²) in [5.41, 5.74) is 4.33. The van der Waals surface area contributed by atoms with E-state index < -0.39 is 11.9 Å². The topological polar surface area (TPSA) is 79.2 Å². The van der Waals surface area contributed by atoms with E-state index in [2.05, 4.69) is 4.99 Å². The van der Waals surface area contributed by atoms with Crippen LogP contribution in [-0.4, -0.2) is 43.4 Å². The highest BCUT2D eigenvalue weighted by atomic mass is 35.5. The molecule has 1 aliphatic heterocycles. The van der Waals surface area contributed by atoms with Gasteiger partial charge in [0.15, 0.2) is 0 Å². The van der Waals surface area contributed by atoms with E-state index in [1.165, 1.54) is 0 Å². The first-order valence-corrected chi connectivity index (χ1v) is 12.1. The summed E-state index contributed by atoms with van der Waals surface area (Å²) in [6.07, 6.45) is 0. The molecule has 1 amide bonds. The first-order valence-electron chi connectivity index (χ1n) is 11.8. The molecule has 0 fully saturated rings. The average molecular weight is 515 g/mol. The number of carbonyl (C=O) groups is 2. The number of amides is 1. The van der Waals surface area contributed by atoms with E-state index in [4.69, 9.17) is 21.4 Å². The maximum atomic E-state index is 12.0. The van der Waals surface area contributed by atoms with E-state index in [0.717, 1.165) is 44.6 Å². The number of benzodiazepines with no additional fused rings is 1. The standard InChI is InChI=1S/C16H13ClN2O.C14H14O3/c1-19-14-8-7-12(17)9-13(14)16(18-10-15(19)20)11-5-3-2-4-6-11;1-9(14(15)16)10-3-4-12-8-13(17-2)6-5-11(12)7-10/h2-9H,10H2,1H3;3-9H,1-2H3,(H,15,16)/t;9-/m.0/s1. The molecule has 1 heterocycles. The second-order valence-corrected chi connectivity index (χ2v) is 9.11. The Labute approximate surface area is 220 Å². The van der Waals surface area contributed by atoms with Gasteiger partial charge in [0, 0.05) is 23.2 Å². The van der Waals surface area contributed by atoms with Crippen LogP contribution < -0.4 is 9.64 Å². The molecule has 7 heteroatoms. The summed E-state index contributed by atoms with van der Waals surface area (Å²) in [7, 11) is 3.39. The number of aliphatic carboxylic acids is 1. The number of benzene rings is 4. The van der Waals surface area contributed by atoms with Gasteiger partial charge >= 0.3 is 5.97 Å². The number of aliphatic imine (C=N–C) groups is 1. The van der Waals surface area contributed by atoms with Crippen molar-refractivity contribution in [1.29, 1.82) is 0 Å². The van der Waals surface area contributed by atoms with Crippen LogP contribution in [0.15, 0.2) is 89.9 Å². The summed E-state index contributed by atoms with van der Waals surface area (Å²) in [4.78, 5) is 29.0. The van der Waals surface area contributed by atoms with Crippen molar-refractivity contribution in [2.45, 2.75) is 12.8 Å². The SMILES string of the molecule is CN1C(=O)CN=C(c2ccccc2)c2cc(Cl)ccc21.COc1ccc2cc([C@H](C)C(=O)O)ccc2c1. The summed E-state index contributed by atoms with van der Waals surface area (Å²) in [6, 6.07) is 26.8. The third-order valence-electron chi connectivity index (χ3n) is 6.31. The van der Waals surface area contributed by atoms with E-state index in [9.17, 15) is 9.59 Å². The number of hydrogen-bond acceptors (Lipinski definition) is 4. The van der Waals surface area contributed by atoms with E-state index in [1.54, 1.807) is 32.0 Å². The summed E-state index contributed by atoms with van der Waals surface area (Å²) < 4.78 is 5.14. The number of likely N-dealkylation sites (N-methyl/N-ethyl adjacent to an activating group) is 1. The number of anilines is 1. The minimum absolute atomic E-state index is 0.0282. The van der Waals surface area contributed by atoms with E-state index in [-0.39, 0.29) is 12.5 Å². The fourth-order valence-corrected chi connectivity index (χ4v) is 4.26. The van der Waals surface area contributed by atoms with Crippen LogP contribution in [-0.2, 0) is 9.59 Å². The minimum atomic E-state index is -0.808. The van der Waals surface area contributed by atoms with Gasteiger partial charge in [-0.3, -0.25) is 14.6 Å². The fraction of sp³-hybridized carbons (Fsp3) is 0.167. The van der Waals surface area contributed by atoms with Crippen LogP contribution in [0.5, 0.6) is 5.75 Å². The van der Waals surface area contributed by atoms with Gasteiger partial charge in [0.25, 0.3) is 0 Å². The van der Waals surface area contributed by atoms with Crippen molar-refractivity contribution in [1.82, 2.24) is 0 Å². The summed E-state index contributed by atoms with van der Waals surface area (Å²) in [6.45, 7) is 1.83. The Balaban J connectivity index is 0.000000176. The summed E-state index contributed by atoms with van der Waals surface area (Å²) in [5.74, 6) is -0.518. The smallest absolute Gasteiger partial charge is 0.310 e. The molecule has 1 N–H and O–H groups in total. The molecule has 5 rings (SSSR count). The molecule has 37 heavy (non-hydrogen) atoms. The highest BCUT2D eigenvalue weighted by Crippen LogP contribution is 2.29. The van der Waals surface area contributed by atoms with Gasteiger partial charge in [-0.2, -0.15) is 0 Å². The lowest BCUT2D eigenvalue weighted by molar-refractivity contribution is -0.138. The van der Waals surface area contributed by atoms with Gasteiger partial charge in [0.2, 0.25) is 5.91 Å². The van der Waals surface area contributed by atoms with Crippen LogP contribution in [0, 0.1) is 0 Å². The maximum Gasteiger partial charge on any atom is 0.310 e. The van der Waals surface area contributed by atoms with Crippen LogP contribution in [0.3, 0.4) is 0 Å². The molecular weight excluding hydrogens is 488 g/mol. The molecule has 4 aromatic carbocycles. The Hall–Kier alpha value is -4.16. The molecule has 0 aromatic heterocycles. The van der Waals surface area contributed by atoms with Crippen molar-refractivity contribution in [3.8, 4) is 5.75 Å². The number of hydrogen-bond donors (Lipinski definition) is 1. The second kappa shape index (κ2) is 11.3. The molecule has 1 aliphatic rings. The number of carboxylic acids is 1. The van der Waals surface area contributed by atoms with Crippen molar-refractivity contribution in [3.05, 3.63) is 107 Å². The molecule has 4 aromatic rings. The minimum Gasteiger partial charge on any atom is -0.497 e. The lowest BCUT2D eigenvalue weighted by atomic mass is 9.98. The molecule has 6 nitrogen and oxygen atoms in total. The Morgan fingerprint density at radius 2 is 1.70 bits per heavy atom. The number of methoxy groups -OCH3 is 1. The Morgan fingerprint density at radius 1 is 1.00 bits per heavy atom. The number of nitrogens with zero attached hydrogens (tertiary/aromatic N) is 2. The molecular formula is C30H27ClN2O4. The van der Waals surface area contributed by atoms with Crippen molar-refractivity contribution in [2.75, 3.05) is 25.6 Å². The largest absolute Gasteiger partial charge is 0.497 e. The van der Waals surface area contributed by atoms with Crippen LogP contribution in [0.1, 0.15) is 29.5 Å². The van der Waals surface area contributed by atoms with Crippen molar-refractivity contribution in [3.63, 3.8) is 0 Å². The first kappa shape index (κ1) is 25.9. The number of rotatable bonds is 4. The number of carboxylic acid groups (broad SMARTS) is 1. The summed E-state index contributed by atoms with van der Waals surface area (Å²) >= 11 is 6.11. The average Bonchev–Trinajstić information content (AvgIpc) is 3.04. The molecule has 1 atom stereocenters. The number of ether oxygens (including phenoxy) is 1. The number of carbonyl (C=O) groups excluding carboxylic acids is 1. The Bertz CT molecular complexity index is 1480. The zero-order chi connectivity index (χ0) is 26.5. The number of halogens is 1. The van der Waals surface area contributed by atoms with Crippen LogP contribution in [0.4, 0.5) is 5.69 Å². The maximum absolute atomic E-state index is 12.0. The van der Waals surface area contributed by atoms with Gasteiger partial charge in [-0.25, -0.2) is 0 Å². The third kappa shape index (κ3) is 5.81. The van der Waals surface area contributed by atoms with Gasteiger partial charge in [0.1, 0.15) is 12.3 Å². The van der Waals surface area contributed by atoms with Crippen molar-refractivity contribution in [2.24, 2.45) is 4.99 Å². The molecule has 0 saturated heterocycles. The van der Waals surface area contributed by atoms with Crippen LogP contribution >= 0.6 is 11.6 Å². The van der Waals surface area contributed by atoms with Gasteiger partial charge < -0.3 is 14.7 Å². The second-order valence-electron chi connectivity index (χ2n) is 8.68. The van der Waals surface area contributed by atoms with Gasteiger partial charge in [-0.1, -0.05) is 66.2 Å². The van der Waals surface area contributed by atoms with Gasteiger partial charge in [0.05, 0.1) is 24.4 Å². The molecule has 0 saturated carbocycles. The van der Waals surface area contributed by atoms with Crippen molar-refractivity contribution >= 4 is 45.6 Å².